The molecule has 3 rings (SSSR count). The standard InChI is InChI=1S/C14H20FN3O/c15-13-8-18(12-2-1-3-16-7-12)14(4-10(13)9-19)11-5-17-6-11/h1-3,7,10-11,13-14,17,19H,4-6,8-9H2. The molecule has 0 aliphatic carbocycles. The molecule has 2 fully saturated rings. The van der Waals surface area contributed by atoms with Gasteiger partial charge in [-0.1, -0.05) is 0 Å². The number of alkyl halides is 1. The number of aromatic nitrogens is 1. The summed E-state index contributed by atoms with van der Waals surface area (Å²) in [4.78, 5) is 6.27. The van der Waals surface area contributed by atoms with E-state index in [0.717, 1.165) is 25.2 Å². The second-order valence-corrected chi connectivity index (χ2v) is 5.54. The fraction of sp³-hybridized carbons (Fsp3) is 0.643. The number of halogens is 1. The van der Waals surface area contributed by atoms with Crippen molar-refractivity contribution < 1.29 is 9.50 Å². The summed E-state index contributed by atoms with van der Waals surface area (Å²) < 4.78 is 14.1. The predicted octanol–water partition coefficient (Wildman–Crippen LogP) is 0.826. The molecular weight excluding hydrogens is 245 g/mol. The quantitative estimate of drug-likeness (QED) is 0.850. The lowest BCUT2D eigenvalue weighted by atomic mass is 9.80. The van der Waals surface area contributed by atoms with Crippen LogP contribution in [0, 0.1) is 11.8 Å². The minimum Gasteiger partial charge on any atom is -0.396 e. The first-order valence-corrected chi connectivity index (χ1v) is 6.92. The third-order valence-corrected chi connectivity index (χ3v) is 4.40. The molecule has 1 aromatic heterocycles. The van der Waals surface area contributed by atoms with Crippen molar-refractivity contribution in [1.29, 1.82) is 0 Å². The molecule has 0 aromatic carbocycles. The lowest BCUT2D eigenvalue weighted by Crippen LogP contribution is -2.60. The number of hydrogen-bond acceptors (Lipinski definition) is 4. The molecule has 0 amide bonds. The van der Waals surface area contributed by atoms with Crippen molar-refractivity contribution in [3.63, 3.8) is 0 Å². The van der Waals surface area contributed by atoms with Gasteiger partial charge in [0.25, 0.3) is 0 Å². The van der Waals surface area contributed by atoms with E-state index in [9.17, 15) is 9.50 Å². The van der Waals surface area contributed by atoms with Crippen molar-refractivity contribution in [1.82, 2.24) is 10.3 Å². The Bertz CT molecular complexity index is 412. The molecule has 1 aromatic rings. The Morgan fingerprint density at radius 3 is 2.89 bits per heavy atom. The highest BCUT2D eigenvalue weighted by atomic mass is 19.1. The Balaban J connectivity index is 1.83. The molecule has 2 aliphatic heterocycles. The summed E-state index contributed by atoms with van der Waals surface area (Å²) in [6.45, 7) is 2.27. The van der Waals surface area contributed by atoms with E-state index < -0.39 is 6.17 Å². The van der Waals surface area contributed by atoms with Gasteiger partial charge >= 0.3 is 0 Å². The Kier molecular flexibility index (Phi) is 3.66. The largest absolute Gasteiger partial charge is 0.396 e. The van der Waals surface area contributed by atoms with Crippen molar-refractivity contribution in [3.8, 4) is 0 Å². The van der Waals surface area contributed by atoms with Crippen LogP contribution in [0.15, 0.2) is 24.5 Å². The van der Waals surface area contributed by atoms with Gasteiger partial charge in [-0.15, -0.1) is 0 Å². The summed E-state index contributed by atoms with van der Waals surface area (Å²) >= 11 is 0. The Morgan fingerprint density at radius 1 is 1.47 bits per heavy atom. The van der Waals surface area contributed by atoms with Crippen LogP contribution >= 0.6 is 0 Å². The number of rotatable bonds is 3. The van der Waals surface area contributed by atoms with Crippen LogP contribution in [0.2, 0.25) is 0 Å². The van der Waals surface area contributed by atoms with E-state index >= 15 is 0 Å². The van der Waals surface area contributed by atoms with Gasteiger partial charge in [0.15, 0.2) is 0 Å². The molecule has 2 N–H and O–H groups in total. The summed E-state index contributed by atoms with van der Waals surface area (Å²) in [6.07, 6.45) is 3.29. The van der Waals surface area contributed by atoms with Crippen molar-refractivity contribution in [2.75, 3.05) is 31.1 Å². The zero-order valence-electron chi connectivity index (χ0n) is 10.9. The van der Waals surface area contributed by atoms with Crippen molar-refractivity contribution in [3.05, 3.63) is 24.5 Å². The SMILES string of the molecule is OCC1CC(C2CNC2)N(c2cccnc2)CC1F. The monoisotopic (exact) mass is 265 g/mol. The van der Waals surface area contributed by atoms with Crippen molar-refractivity contribution in [2.45, 2.75) is 18.6 Å². The van der Waals surface area contributed by atoms with E-state index in [4.69, 9.17) is 0 Å². The Hall–Kier alpha value is -1.20. The minimum atomic E-state index is -0.963. The minimum absolute atomic E-state index is 0.0569. The average molecular weight is 265 g/mol. The van der Waals surface area contributed by atoms with Gasteiger partial charge in [-0.2, -0.15) is 0 Å². The first-order valence-electron chi connectivity index (χ1n) is 6.92. The average Bonchev–Trinajstić information content (AvgIpc) is 2.39. The molecule has 3 unspecified atom stereocenters. The second-order valence-electron chi connectivity index (χ2n) is 5.54. The number of pyridine rings is 1. The molecule has 2 aliphatic rings. The zero-order chi connectivity index (χ0) is 13.2. The van der Waals surface area contributed by atoms with Crippen LogP contribution in [0.5, 0.6) is 0 Å². The molecule has 0 radical (unpaired) electrons. The molecule has 0 spiro atoms. The van der Waals surface area contributed by atoms with Crippen LogP contribution in [0.4, 0.5) is 10.1 Å². The van der Waals surface area contributed by atoms with Gasteiger partial charge in [0.2, 0.25) is 0 Å². The van der Waals surface area contributed by atoms with Gasteiger partial charge in [0, 0.05) is 50.3 Å². The van der Waals surface area contributed by atoms with Gasteiger partial charge in [0.05, 0.1) is 11.9 Å². The summed E-state index contributed by atoms with van der Waals surface area (Å²) in [7, 11) is 0. The van der Waals surface area contributed by atoms with Gasteiger partial charge < -0.3 is 15.3 Å². The van der Waals surface area contributed by atoms with Crippen LogP contribution in [0.1, 0.15) is 6.42 Å². The van der Waals surface area contributed by atoms with Crippen molar-refractivity contribution in [2.24, 2.45) is 11.8 Å². The van der Waals surface area contributed by atoms with Gasteiger partial charge in [-0.25, -0.2) is 4.39 Å². The number of hydrogen-bond donors (Lipinski definition) is 2. The van der Waals surface area contributed by atoms with E-state index in [2.05, 4.69) is 15.2 Å². The molecule has 3 heterocycles. The maximum absolute atomic E-state index is 14.1. The Labute approximate surface area is 112 Å². The third kappa shape index (κ3) is 2.44. The maximum atomic E-state index is 14.1. The highest BCUT2D eigenvalue weighted by Crippen LogP contribution is 2.34. The number of aliphatic hydroxyl groups excluding tert-OH is 1. The molecule has 19 heavy (non-hydrogen) atoms. The molecule has 0 saturated carbocycles. The van der Waals surface area contributed by atoms with Crippen LogP contribution in [0.3, 0.4) is 0 Å². The zero-order valence-corrected chi connectivity index (χ0v) is 10.9. The van der Waals surface area contributed by atoms with Gasteiger partial charge in [-0.05, 0) is 18.6 Å². The molecule has 5 heteroatoms. The summed E-state index contributed by atoms with van der Waals surface area (Å²) in [5, 5.41) is 12.6. The molecule has 0 bridgehead atoms. The molecule has 3 atom stereocenters. The molecule has 2 saturated heterocycles. The highest BCUT2D eigenvalue weighted by molar-refractivity contribution is 5.46. The number of anilines is 1. The van der Waals surface area contributed by atoms with E-state index in [-0.39, 0.29) is 12.5 Å². The molecule has 4 nitrogen and oxygen atoms in total. The Morgan fingerprint density at radius 2 is 2.32 bits per heavy atom. The van der Waals surface area contributed by atoms with Gasteiger partial charge in [-0.3, -0.25) is 4.98 Å². The van der Waals surface area contributed by atoms with Gasteiger partial charge in [0.1, 0.15) is 6.17 Å². The summed E-state index contributed by atoms with van der Waals surface area (Å²) in [5.74, 6) is 0.320. The second kappa shape index (κ2) is 5.43. The maximum Gasteiger partial charge on any atom is 0.123 e. The number of nitrogens with one attached hydrogen (secondary N) is 1. The summed E-state index contributed by atoms with van der Waals surface area (Å²) in [6, 6.07) is 4.17. The van der Waals surface area contributed by atoms with E-state index in [0.29, 0.717) is 18.5 Å². The molecule has 104 valence electrons. The van der Waals surface area contributed by atoms with Crippen LogP contribution < -0.4 is 10.2 Å². The van der Waals surface area contributed by atoms with E-state index in [1.165, 1.54) is 0 Å². The normalized spacial score (nSPS) is 32.1. The van der Waals surface area contributed by atoms with Crippen LogP contribution in [-0.4, -0.2) is 48.5 Å². The number of aliphatic hydroxyl groups is 1. The summed E-state index contributed by atoms with van der Waals surface area (Å²) in [5.41, 5.74) is 0.985. The topological polar surface area (TPSA) is 48.4 Å². The highest BCUT2D eigenvalue weighted by Gasteiger charge is 2.41. The fourth-order valence-electron chi connectivity index (χ4n) is 3.10. The van der Waals surface area contributed by atoms with Crippen LogP contribution in [0.25, 0.3) is 0 Å². The number of piperidine rings is 1. The van der Waals surface area contributed by atoms with Crippen molar-refractivity contribution >= 4 is 5.69 Å². The molecular formula is C14H20FN3O. The smallest absolute Gasteiger partial charge is 0.123 e. The number of nitrogens with zero attached hydrogens (tertiary/aromatic N) is 2. The van der Waals surface area contributed by atoms with Crippen LogP contribution in [-0.2, 0) is 0 Å². The fourth-order valence-corrected chi connectivity index (χ4v) is 3.10. The lowest BCUT2D eigenvalue weighted by molar-refractivity contribution is 0.0860. The lowest BCUT2D eigenvalue weighted by Gasteiger charge is -2.48. The first-order chi connectivity index (χ1) is 9.29. The third-order valence-electron chi connectivity index (χ3n) is 4.40. The van der Waals surface area contributed by atoms with E-state index in [1.54, 1.807) is 12.4 Å². The predicted molar refractivity (Wildman–Crippen MR) is 71.8 cm³/mol. The first kappa shape index (κ1) is 12.8. The van der Waals surface area contributed by atoms with E-state index in [1.807, 2.05) is 12.1 Å².